The van der Waals surface area contributed by atoms with Crippen molar-refractivity contribution in [3.05, 3.63) is 0 Å². The Morgan fingerprint density at radius 1 is 1.33 bits per heavy atom. The summed E-state index contributed by atoms with van der Waals surface area (Å²) in [4.78, 5) is 27.9. The average molecular weight is 253 g/mol. The van der Waals surface area contributed by atoms with E-state index in [9.17, 15) is 9.59 Å². The minimum atomic E-state index is -1.05. The van der Waals surface area contributed by atoms with E-state index in [1.165, 1.54) is 4.90 Å². The molecule has 2 amide bonds. The Hall–Kier alpha value is -1.74. The Kier molecular flexibility index (Phi) is 5.46. The monoisotopic (exact) mass is 253 g/mol. The van der Waals surface area contributed by atoms with E-state index < -0.39 is 5.97 Å². The van der Waals surface area contributed by atoms with Crippen molar-refractivity contribution in [2.75, 3.05) is 46.3 Å². The predicted molar refractivity (Wildman–Crippen MR) is 67.1 cm³/mol. The molecule has 0 aromatic rings. The summed E-state index contributed by atoms with van der Waals surface area (Å²) in [6.07, 6.45) is 6.05. The van der Waals surface area contributed by atoms with Gasteiger partial charge in [-0.3, -0.25) is 4.79 Å². The minimum Gasteiger partial charge on any atom is -0.480 e. The summed E-state index contributed by atoms with van der Waals surface area (Å²) in [7, 11) is 2.00. The van der Waals surface area contributed by atoms with E-state index in [-0.39, 0.29) is 19.1 Å². The molecular formula is C12H19N3O3. The van der Waals surface area contributed by atoms with Crippen LogP contribution in [0.1, 0.15) is 6.42 Å². The van der Waals surface area contributed by atoms with Gasteiger partial charge in [-0.25, -0.2) is 4.79 Å². The second-order valence-electron chi connectivity index (χ2n) is 4.38. The fraction of sp³-hybridized carbons (Fsp3) is 0.667. The van der Waals surface area contributed by atoms with Crippen molar-refractivity contribution in [1.82, 2.24) is 14.7 Å². The van der Waals surface area contributed by atoms with Crippen LogP contribution in [-0.2, 0) is 4.79 Å². The number of hydrogen-bond acceptors (Lipinski definition) is 3. The molecular weight excluding hydrogens is 234 g/mol. The van der Waals surface area contributed by atoms with Gasteiger partial charge in [0, 0.05) is 19.6 Å². The van der Waals surface area contributed by atoms with E-state index in [4.69, 9.17) is 11.5 Å². The number of carboxylic acids is 1. The van der Waals surface area contributed by atoms with Crippen LogP contribution in [0.2, 0.25) is 0 Å². The maximum atomic E-state index is 12.2. The maximum Gasteiger partial charge on any atom is 0.323 e. The summed E-state index contributed by atoms with van der Waals surface area (Å²) in [6.45, 7) is 2.66. The lowest BCUT2D eigenvalue weighted by Crippen LogP contribution is -2.46. The number of aliphatic carboxylic acids is 1. The van der Waals surface area contributed by atoms with Crippen molar-refractivity contribution in [2.24, 2.45) is 0 Å². The van der Waals surface area contributed by atoms with E-state index in [1.807, 2.05) is 7.05 Å². The van der Waals surface area contributed by atoms with Gasteiger partial charge in [-0.2, -0.15) is 0 Å². The predicted octanol–water partition coefficient (Wildman–Crippen LogP) is -0.236. The highest BCUT2D eigenvalue weighted by Crippen LogP contribution is 2.05. The second kappa shape index (κ2) is 6.87. The molecule has 1 aliphatic rings. The Bertz CT molecular complexity index is 351. The molecule has 6 nitrogen and oxygen atoms in total. The van der Waals surface area contributed by atoms with E-state index >= 15 is 0 Å². The van der Waals surface area contributed by atoms with E-state index in [1.54, 1.807) is 4.90 Å². The molecule has 0 radical (unpaired) electrons. The van der Waals surface area contributed by atoms with Crippen LogP contribution in [0.25, 0.3) is 0 Å². The highest BCUT2D eigenvalue weighted by molar-refractivity contribution is 5.80. The van der Waals surface area contributed by atoms with E-state index in [0.29, 0.717) is 13.1 Å². The van der Waals surface area contributed by atoms with Crippen LogP contribution in [0.15, 0.2) is 0 Å². The lowest BCUT2D eigenvalue weighted by molar-refractivity contribution is -0.137. The molecule has 0 aromatic heterocycles. The number of nitrogens with zero attached hydrogens (tertiary/aromatic N) is 3. The standard InChI is InChI=1S/C12H19N3O3/c1-3-5-15(10-11(16)17)12(18)14-7-4-6-13(2)8-9-14/h1H,4-10H2,2H3,(H,16,17). The van der Waals surface area contributed by atoms with Crippen molar-refractivity contribution >= 4 is 12.0 Å². The van der Waals surface area contributed by atoms with Gasteiger partial charge in [-0.1, -0.05) is 5.92 Å². The van der Waals surface area contributed by atoms with Crippen LogP contribution in [-0.4, -0.2) is 78.1 Å². The molecule has 18 heavy (non-hydrogen) atoms. The zero-order valence-electron chi connectivity index (χ0n) is 10.6. The van der Waals surface area contributed by atoms with Crippen LogP contribution < -0.4 is 0 Å². The summed E-state index contributed by atoms with van der Waals surface area (Å²) >= 11 is 0. The Morgan fingerprint density at radius 2 is 2.06 bits per heavy atom. The molecule has 0 atom stereocenters. The Morgan fingerprint density at radius 3 is 2.67 bits per heavy atom. The number of urea groups is 1. The first-order valence-corrected chi connectivity index (χ1v) is 5.92. The van der Waals surface area contributed by atoms with Crippen LogP contribution >= 0.6 is 0 Å². The number of carbonyl (C=O) groups is 2. The van der Waals surface area contributed by atoms with Crippen molar-refractivity contribution in [3.63, 3.8) is 0 Å². The zero-order valence-corrected chi connectivity index (χ0v) is 10.6. The fourth-order valence-electron chi connectivity index (χ4n) is 1.90. The third-order valence-electron chi connectivity index (χ3n) is 2.87. The first kappa shape index (κ1) is 14.3. The van der Waals surface area contributed by atoms with Crippen molar-refractivity contribution in [3.8, 4) is 12.3 Å². The van der Waals surface area contributed by atoms with E-state index in [2.05, 4.69) is 10.8 Å². The largest absolute Gasteiger partial charge is 0.480 e. The first-order valence-electron chi connectivity index (χ1n) is 5.92. The van der Waals surface area contributed by atoms with Gasteiger partial charge in [-0.15, -0.1) is 6.42 Å². The summed E-state index contributed by atoms with van der Waals surface area (Å²) in [5, 5.41) is 8.77. The third-order valence-corrected chi connectivity index (χ3v) is 2.87. The smallest absolute Gasteiger partial charge is 0.323 e. The molecule has 1 N–H and O–H groups in total. The molecule has 0 saturated carbocycles. The number of terminal acetylenes is 1. The number of carboxylic acid groups (broad SMARTS) is 1. The molecule has 0 aromatic carbocycles. The fourth-order valence-corrected chi connectivity index (χ4v) is 1.90. The summed E-state index contributed by atoms with van der Waals surface area (Å²) in [5.74, 6) is 1.27. The van der Waals surface area contributed by atoms with Gasteiger partial charge < -0.3 is 19.8 Å². The molecule has 0 spiro atoms. The first-order chi connectivity index (χ1) is 8.54. The number of hydrogen-bond donors (Lipinski definition) is 1. The molecule has 1 saturated heterocycles. The van der Waals surface area contributed by atoms with Crippen LogP contribution in [0, 0.1) is 12.3 Å². The Balaban J connectivity index is 2.63. The molecule has 0 aliphatic carbocycles. The number of likely N-dealkylation sites (N-methyl/N-ethyl adjacent to an activating group) is 1. The number of amides is 2. The molecule has 100 valence electrons. The van der Waals surface area contributed by atoms with Crippen LogP contribution in [0.4, 0.5) is 4.79 Å². The number of rotatable bonds is 3. The normalized spacial score (nSPS) is 16.8. The maximum absolute atomic E-state index is 12.2. The molecule has 0 unspecified atom stereocenters. The molecule has 1 heterocycles. The molecule has 6 heteroatoms. The van der Waals surface area contributed by atoms with Gasteiger partial charge in [-0.05, 0) is 20.0 Å². The van der Waals surface area contributed by atoms with Crippen LogP contribution in [0.3, 0.4) is 0 Å². The Labute approximate surface area is 107 Å². The molecule has 1 rings (SSSR count). The zero-order chi connectivity index (χ0) is 13.5. The third kappa shape index (κ3) is 4.26. The molecule has 1 aliphatic heterocycles. The molecule has 0 bridgehead atoms. The van der Waals surface area contributed by atoms with Gasteiger partial charge in [0.25, 0.3) is 0 Å². The van der Waals surface area contributed by atoms with Crippen molar-refractivity contribution in [1.29, 1.82) is 0 Å². The minimum absolute atomic E-state index is 0.0253. The van der Waals surface area contributed by atoms with Crippen molar-refractivity contribution < 1.29 is 14.7 Å². The van der Waals surface area contributed by atoms with Gasteiger partial charge in [0.1, 0.15) is 6.54 Å². The SMILES string of the molecule is C#CCN(CC(=O)O)C(=O)N1CCCN(C)CC1. The highest BCUT2D eigenvalue weighted by Gasteiger charge is 2.23. The van der Waals surface area contributed by atoms with Crippen molar-refractivity contribution in [2.45, 2.75) is 6.42 Å². The molecule has 1 fully saturated rings. The topological polar surface area (TPSA) is 64.1 Å². The lowest BCUT2D eigenvalue weighted by Gasteiger charge is -2.27. The average Bonchev–Trinajstić information content (AvgIpc) is 2.52. The highest BCUT2D eigenvalue weighted by atomic mass is 16.4. The van der Waals surface area contributed by atoms with E-state index in [0.717, 1.165) is 19.5 Å². The lowest BCUT2D eigenvalue weighted by atomic mass is 10.4. The summed E-state index contributed by atoms with van der Waals surface area (Å²) in [5.41, 5.74) is 0. The quantitative estimate of drug-likeness (QED) is 0.705. The second-order valence-corrected chi connectivity index (χ2v) is 4.38. The van der Waals surface area contributed by atoms with Gasteiger partial charge in [0.2, 0.25) is 0 Å². The number of carbonyl (C=O) groups excluding carboxylic acids is 1. The summed E-state index contributed by atoms with van der Waals surface area (Å²) in [6, 6.07) is -0.286. The van der Waals surface area contributed by atoms with Gasteiger partial charge in [0.05, 0.1) is 6.54 Å². The van der Waals surface area contributed by atoms with Gasteiger partial charge in [0.15, 0.2) is 0 Å². The van der Waals surface area contributed by atoms with Gasteiger partial charge >= 0.3 is 12.0 Å². The van der Waals surface area contributed by atoms with Crippen LogP contribution in [0.5, 0.6) is 0 Å². The summed E-state index contributed by atoms with van der Waals surface area (Å²) < 4.78 is 0.